The monoisotopic (exact) mass is 286 g/mol. The maximum atomic E-state index is 12.3. The minimum Gasteiger partial charge on any atom is -0.480 e. The largest absolute Gasteiger partial charge is 0.480 e. The average Bonchev–Trinajstić information content (AvgIpc) is 2.48. The Kier molecular flexibility index (Phi) is 4.82. The Bertz CT molecular complexity index is 362. The van der Waals surface area contributed by atoms with Crippen LogP contribution in [-0.4, -0.2) is 67.1 Å². The molecule has 0 unspecified atom stereocenters. The van der Waals surface area contributed by atoms with E-state index in [-0.39, 0.29) is 12.1 Å². The second-order valence-corrected chi connectivity index (χ2v) is 5.38. The lowest BCUT2D eigenvalue weighted by Gasteiger charge is -2.37. The van der Waals surface area contributed by atoms with Crippen molar-refractivity contribution in [1.29, 1.82) is 0 Å². The molecule has 0 spiro atoms. The molecule has 7 heteroatoms. The van der Waals surface area contributed by atoms with Crippen molar-refractivity contribution in [2.75, 3.05) is 33.5 Å². The van der Waals surface area contributed by atoms with Crippen LogP contribution in [0.1, 0.15) is 25.7 Å². The average molecular weight is 286 g/mol. The summed E-state index contributed by atoms with van der Waals surface area (Å²) in [6, 6.07) is -0.226. The molecule has 20 heavy (non-hydrogen) atoms. The van der Waals surface area contributed by atoms with E-state index in [0.717, 1.165) is 12.8 Å². The molecule has 114 valence electrons. The molecule has 0 atom stereocenters. The molecule has 0 aromatic heterocycles. The van der Waals surface area contributed by atoms with Crippen LogP contribution in [0.25, 0.3) is 0 Å². The summed E-state index contributed by atoms with van der Waals surface area (Å²) < 4.78 is 10.5. The smallest absolute Gasteiger partial charge is 0.329 e. The van der Waals surface area contributed by atoms with Gasteiger partial charge in [-0.25, -0.2) is 9.59 Å². The van der Waals surface area contributed by atoms with E-state index in [0.29, 0.717) is 39.3 Å². The molecular weight excluding hydrogens is 264 g/mol. The van der Waals surface area contributed by atoms with Gasteiger partial charge in [0.15, 0.2) is 0 Å². The summed E-state index contributed by atoms with van der Waals surface area (Å²) in [5.74, 6) is -0.991. The zero-order valence-electron chi connectivity index (χ0n) is 11.8. The summed E-state index contributed by atoms with van der Waals surface area (Å²) in [6.45, 7) is 1.99. The molecule has 2 amide bonds. The van der Waals surface area contributed by atoms with Crippen LogP contribution in [0.2, 0.25) is 0 Å². The van der Waals surface area contributed by atoms with Gasteiger partial charge >= 0.3 is 12.0 Å². The highest BCUT2D eigenvalue weighted by molar-refractivity contribution is 5.86. The zero-order chi connectivity index (χ0) is 14.6. The van der Waals surface area contributed by atoms with Gasteiger partial charge in [0, 0.05) is 52.4 Å². The van der Waals surface area contributed by atoms with Crippen molar-refractivity contribution in [2.24, 2.45) is 0 Å². The van der Waals surface area contributed by atoms with E-state index in [2.05, 4.69) is 5.32 Å². The van der Waals surface area contributed by atoms with Crippen molar-refractivity contribution in [3.8, 4) is 0 Å². The van der Waals surface area contributed by atoms with Crippen LogP contribution in [0.5, 0.6) is 0 Å². The van der Waals surface area contributed by atoms with Gasteiger partial charge in [0.25, 0.3) is 0 Å². The third-order valence-corrected chi connectivity index (χ3v) is 4.16. The lowest BCUT2D eigenvalue weighted by Crippen LogP contribution is -2.61. The molecule has 0 bridgehead atoms. The molecule has 0 aromatic carbocycles. The summed E-state index contributed by atoms with van der Waals surface area (Å²) in [5, 5.41) is 12.1. The summed E-state index contributed by atoms with van der Waals surface area (Å²) in [5.41, 5.74) is -1.20. The number of aliphatic carboxylic acids is 1. The van der Waals surface area contributed by atoms with E-state index in [9.17, 15) is 14.7 Å². The van der Waals surface area contributed by atoms with Crippen molar-refractivity contribution in [3.63, 3.8) is 0 Å². The van der Waals surface area contributed by atoms with Gasteiger partial charge < -0.3 is 24.8 Å². The molecule has 0 saturated carbocycles. The molecule has 2 saturated heterocycles. The number of nitrogens with one attached hydrogen (secondary N) is 1. The molecule has 0 radical (unpaired) electrons. The number of carbonyl (C=O) groups is 2. The Morgan fingerprint density at radius 3 is 2.25 bits per heavy atom. The molecule has 0 aromatic rings. The normalized spacial score (nSPS) is 23.1. The van der Waals surface area contributed by atoms with Crippen molar-refractivity contribution in [1.82, 2.24) is 10.2 Å². The number of ether oxygens (including phenoxy) is 2. The highest BCUT2D eigenvalue weighted by Gasteiger charge is 2.42. The number of carboxylic acid groups (broad SMARTS) is 1. The number of hydrogen-bond acceptors (Lipinski definition) is 4. The van der Waals surface area contributed by atoms with Crippen molar-refractivity contribution in [2.45, 2.75) is 37.3 Å². The van der Waals surface area contributed by atoms with E-state index in [4.69, 9.17) is 9.47 Å². The van der Waals surface area contributed by atoms with Crippen molar-refractivity contribution in [3.05, 3.63) is 0 Å². The number of rotatable bonds is 3. The predicted octanol–water partition coefficient (Wildman–Crippen LogP) is 0.441. The van der Waals surface area contributed by atoms with Crippen LogP contribution in [0.3, 0.4) is 0 Å². The zero-order valence-corrected chi connectivity index (χ0v) is 11.8. The Morgan fingerprint density at radius 2 is 1.70 bits per heavy atom. The van der Waals surface area contributed by atoms with Gasteiger partial charge in [0.1, 0.15) is 5.54 Å². The van der Waals surface area contributed by atoms with Gasteiger partial charge in [-0.2, -0.15) is 0 Å². The van der Waals surface area contributed by atoms with Crippen LogP contribution in [0, 0.1) is 0 Å². The van der Waals surface area contributed by atoms with Crippen molar-refractivity contribution < 1.29 is 24.2 Å². The number of hydrogen-bond donors (Lipinski definition) is 2. The standard InChI is InChI=1S/C13H22N2O5/c1-15(10-2-6-19-7-3-10)12(18)14-13(11(16)17)4-8-20-9-5-13/h10H,2-9H2,1H3,(H,14,18)(H,16,17). The molecule has 0 aliphatic carbocycles. The fourth-order valence-corrected chi connectivity index (χ4v) is 2.64. The van der Waals surface area contributed by atoms with Crippen LogP contribution in [-0.2, 0) is 14.3 Å². The maximum Gasteiger partial charge on any atom is 0.329 e. The third-order valence-electron chi connectivity index (χ3n) is 4.16. The maximum absolute atomic E-state index is 12.3. The van der Waals surface area contributed by atoms with E-state index < -0.39 is 11.5 Å². The number of carbonyl (C=O) groups excluding carboxylic acids is 1. The summed E-state index contributed by atoms with van der Waals surface area (Å²) in [7, 11) is 1.71. The third kappa shape index (κ3) is 3.21. The molecule has 2 rings (SSSR count). The van der Waals surface area contributed by atoms with Crippen molar-refractivity contribution >= 4 is 12.0 Å². The molecule has 7 nitrogen and oxygen atoms in total. The van der Waals surface area contributed by atoms with Gasteiger partial charge in [0.05, 0.1) is 0 Å². The topological polar surface area (TPSA) is 88.1 Å². The second kappa shape index (κ2) is 6.41. The first-order chi connectivity index (χ1) is 9.55. The Hall–Kier alpha value is -1.34. The van der Waals surface area contributed by atoms with Gasteiger partial charge in [0.2, 0.25) is 0 Å². The summed E-state index contributed by atoms with van der Waals surface area (Å²) in [6.07, 6.45) is 2.17. The molecule has 2 aliphatic rings. The highest BCUT2D eigenvalue weighted by atomic mass is 16.5. The van der Waals surface area contributed by atoms with Crippen LogP contribution in [0.15, 0.2) is 0 Å². The minimum atomic E-state index is -1.20. The summed E-state index contributed by atoms with van der Waals surface area (Å²) >= 11 is 0. The molecule has 2 N–H and O–H groups in total. The minimum absolute atomic E-state index is 0.106. The lowest BCUT2D eigenvalue weighted by atomic mass is 9.90. The fourth-order valence-electron chi connectivity index (χ4n) is 2.64. The molecule has 2 aliphatic heterocycles. The highest BCUT2D eigenvalue weighted by Crippen LogP contribution is 2.22. The number of urea groups is 1. The van der Waals surface area contributed by atoms with Gasteiger partial charge in [-0.15, -0.1) is 0 Å². The van der Waals surface area contributed by atoms with Gasteiger partial charge in [-0.05, 0) is 12.8 Å². The number of nitrogens with zero attached hydrogens (tertiary/aromatic N) is 1. The first-order valence-corrected chi connectivity index (χ1v) is 6.99. The first-order valence-electron chi connectivity index (χ1n) is 6.99. The summed E-state index contributed by atoms with van der Waals surface area (Å²) in [4.78, 5) is 25.4. The Labute approximate surface area is 118 Å². The number of amides is 2. The fraction of sp³-hybridized carbons (Fsp3) is 0.846. The van der Waals surface area contributed by atoms with Crippen LogP contribution >= 0.6 is 0 Å². The van der Waals surface area contributed by atoms with Gasteiger partial charge in [-0.3, -0.25) is 0 Å². The second-order valence-electron chi connectivity index (χ2n) is 5.38. The van der Waals surface area contributed by atoms with E-state index in [1.54, 1.807) is 11.9 Å². The van der Waals surface area contributed by atoms with E-state index >= 15 is 0 Å². The van der Waals surface area contributed by atoms with Crippen LogP contribution < -0.4 is 5.32 Å². The lowest BCUT2D eigenvalue weighted by molar-refractivity contribution is -0.148. The van der Waals surface area contributed by atoms with Crippen LogP contribution in [0.4, 0.5) is 4.79 Å². The quantitative estimate of drug-likeness (QED) is 0.786. The molecule has 2 heterocycles. The SMILES string of the molecule is CN(C(=O)NC1(C(=O)O)CCOCC1)C1CCOCC1. The first kappa shape index (κ1) is 15.1. The molecular formula is C13H22N2O5. The van der Waals surface area contributed by atoms with Gasteiger partial charge in [-0.1, -0.05) is 0 Å². The van der Waals surface area contributed by atoms with E-state index in [1.807, 2.05) is 0 Å². The molecule has 2 fully saturated rings. The Balaban J connectivity index is 1.98. The Morgan fingerprint density at radius 1 is 1.15 bits per heavy atom. The van der Waals surface area contributed by atoms with E-state index in [1.165, 1.54) is 0 Å². The predicted molar refractivity (Wildman–Crippen MR) is 70.6 cm³/mol. The number of carboxylic acids is 1.